The van der Waals surface area contributed by atoms with Crippen LogP contribution in [0.25, 0.3) is 32.9 Å². The molecule has 0 saturated carbocycles. The van der Waals surface area contributed by atoms with Crippen LogP contribution in [0.1, 0.15) is 71.8 Å². The van der Waals surface area contributed by atoms with E-state index in [0.717, 1.165) is 51.6 Å². The van der Waals surface area contributed by atoms with Crippen LogP contribution in [0.15, 0.2) is 30.5 Å². The molecule has 0 N–H and O–H groups in total. The topological polar surface area (TPSA) is 102 Å². The smallest absolute Gasteiger partial charge is 0.410 e. The average Bonchev–Trinajstić information content (AvgIpc) is 3.79. The number of aryl methyl sites for hydroxylation is 1. The number of halogens is 2. The van der Waals surface area contributed by atoms with Gasteiger partial charge in [0.15, 0.2) is 12.6 Å². The Morgan fingerprint density at radius 1 is 1.02 bits per heavy atom. The molecule has 282 valence electrons. The summed E-state index contributed by atoms with van der Waals surface area (Å²) in [6.07, 6.45) is 7.63. The first-order valence-corrected chi connectivity index (χ1v) is 18.9. The first-order valence-electron chi connectivity index (χ1n) is 18.9. The van der Waals surface area contributed by atoms with Gasteiger partial charge in [0, 0.05) is 32.0 Å². The minimum absolute atomic E-state index is 0.0141. The van der Waals surface area contributed by atoms with Gasteiger partial charge in [-0.1, -0.05) is 13.0 Å². The number of carbonyl (C=O) groups excluding carboxylic acids is 1. The van der Waals surface area contributed by atoms with Crippen molar-refractivity contribution in [1.29, 1.82) is 0 Å². The van der Waals surface area contributed by atoms with Crippen LogP contribution in [0.4, 0.5) is 19.4 Å². The molecule has 13 heteroatoms. The summed E-state index contributed by atoms with van der Waals surface area (Å²) in [7, 11) is 1.52. The zero-order valence-electron chi connectivity index (χ0n) is 31.2. The molecule has 4 aromatic rings. The van der Waals surface area contributed by atoms with Crippen molar-refractivity contribution >= 4 is 33.6 Å². The van der Waals surface area contributed by atoms with Crippen LogP contribution in [0, 0.1) is 11.6 Å². The van der Waals surface area contributed by atoms with Crippen molar-refractivity contribution in [2.45, 2.75) is 95.9 Å². The van der Waals surface area contributed by atoms with Crippen LogP contribution in [0.5, 0.6) is 11.8 Å². The lowest BCUT2D eigenvalue weighted by atomic mass is 9.94. The first-order chi connectivity index (χ1) is 25.5. The number of nitrogens with zero attached hydrogens (tertiary/aromatic N) is 6. The lowest BCUT2D eigenvalue weighted by Crippen LogP contribution is -2.57. The highest BCUT2D eigenvalue weighted by atomic mass is 19.1. The number of hydrogen-bond acceptors (Lipinski definition) is 10. The lowest BCUT2D eigenvalue weighted by molar-refractivity contribution is 0.0122. The Balaban J connectivity index is 1.24. The van der Waals surface area contributed by atoms with Gasteiger partial charge in [-0.25, -0.2) is 13.6 Å². The molecule has 8 rings (SSSR count). The van der Waals surface area contributed by atoms with E-state index in [0.29, 0.717) is 65.0 Å². The lowest BCUT2D eigenvalue weighted by Gasteiger charge is -2.42. The quantitative estimate of drug-likeness (QED) is 0.164. The normalized spacial score (nSPS) is 21.1. The Kier molecular flexibility index (Phi) is 9.29. The highest BCUT2D eigenvalue weighted by Gasteiger charge is 2.46. The van der Waals surface area contributed by atoms with Crippen molar-refractivity contribution in [2.75, 3.05) is 51.6 Å². The number of hydrogen-bond donors (Lipinski definition) is 0. The molecule has 2 unspecified atom stereocenters. The minimum Gasteiger partial charge on any atom is -0.468 e. The summed E-state index contributed by atoms with van der Waals surface area (Å²) >= 11 is 0. The van der Waals surface area contributed by atoms with Gasteiger partial charge in [-0.2, -0.15) is 9.97 Å². The van der Waals surface area contributed by atoms with E-state index in [9.17, 15) is 4.79 Å². The van der Waals surface area contributed by atoms with Crippen molar-refractivity contribution in [3.63, 3.8) is 0 Å². The van der Waals surface area contributed by atoms with E-state index in [4.69, 9.17) is 33.9 Å². The fourth-order valence-corrected chi connectivity index (χ4v) is 9.09. The van der Waals surface area contributed by atoms with E-state index in [1.165, 1.54) is 13.2 Å². The molecule has 11 nitrogen and oxygen atoms in total. The number of methoxy groups -OCH3 is 1. The number of anilines is 1. The van der Waals surface area contributed by atoms with Crippen molar-refractivity contribution < 1.29 is 32.5 Å². The molecule has 2 bridgehead atoms. The summed E-state index contributed by atoms with van der Waals surface area (Å²) in [5.74, 6) is -0.0877. The highest BCUT2D eigenvalue weighted by molar-refractivity contribution is 6.02. The maximum atomic E-state index is 17.3. The molecular formula is C40H48F2N6O5. The van der Waals surface area contributed by atoms with Gasteiger partial charge in [-0.3, -0.25) is 14.8 Å². The van der Waals surface area contributed by atoms with Gasteiger partial charge in [0.1, 0.15) is 40.8 Å². The minimum atomic E-state index is -0.663. The molecule has 2 aromatic heterocycles. The molecular weight excluding hydrogens is 682 g/mol. The molecule has 4 fully saturated rings. The van der Waals surface area contributed by atoms with Gasteiger partial charge < -0.3 is 23.8 Å². The highest BCUT2D eigenvalue weighted by Crippen LogP contribution is 2.42. The Hall–Kier alpha value is -4.36. The summed E-state index contributed by atoms with van der Waals surface area (Å²) < 4.78 is 55.8. The molecule has 0 spiro atoms. The molecule has 53 heavy (non-hydrogen) atoms. The Morgan fingerprint density at radius 3 is 2.43 bits per heavy atom. The molecule has 0 aliphatic carbocycles. The standard InChI is InChI=1S/C40H48F2N6O5/c1-6-28-31(41)12-9-24-17-27(52-23-50-5)18-29(32(24)28)34-33(42)35-30(19-43-34)36(45-37(44-35)51-22-40-13-7-15-47(40)16-8-14-40)46-20-25-10-11-26(21-46)48(25)38(49)53-39(2,3)4/h9,12,17-19,25-26H,6-8,10-11,13-16,20-23H2,1-5H3. The zero-order valence-corrected chi connectivity index (χ0v) is 31.2. The van der Waals surface area contributed by atoms with Crippen LogP contribution in [-0.2, 0) is 15.9 Å². The summed E-state index contributed by atoms with van der Waals surface area (Å²) in [4.78, 5) is 34.1. The number of piperazine rings is 1. The summed E-state index contributed by atoms with van der Waals surface area (Å²) in [6, 6.07) is 6.47. The van der Waals surface area contributed by atoms with Crippen molar-refractivity contribution in [3.8, 4) is 23.0 Å². The number of aromatic nitrogens is 3. The molecule has 4 saturated heterocycles. The first kappa shape index (κ1) is 35.7. The summed E-state index contributed by atoms with van der Waals surface area (Å²) in [5.41, 5.74) is 0.257. The molecule has 0 radical (unpaired) electrons. The van der Waals surface area contributed by atoms with E-state index >= 15 is 8.78 Å². The second kappa shape index (κ2) is 13.8. The van der Waals surface area contributed by atoms with E-state index in [1.807, 2.05) is 32.6 Å². The predicted molar refractivity (Wildman–Crippen MR) is 197 cm³/mol. The van der Waals surface area contributed by atoms with Crippen LogP contribution < -0.4 is 14.4 Å². The van der Waals surface area contributed by atoms with Crippen LogP contribution in [0.3, 0.4) is 0 Å². The monoisotopic (exact) mass is 730 g/mol. The number of ether oxygens (including phenoxy) is 4. The number of pyridine rings is 1. The molecule has 4 aliphatic rings. The third-order valence-electron chi connectivity index (χ3n) is 11.4. The third-order valence-corrected chi connectivity index (χ3v) is 11.4. The van der Waals surface area contributed by atoms with Gasteiger partial charge in [0.2, 0.25) is 0 Å². The van der Waals surface area contributed by atoms with Crippen LogP contribution in [-0.4, -0.2) is 101 Å². The maximum Gasteiger partial charge on any atom is 0.410 e. The van der Waals surface area contributed by atoms with Gasteiger partial charge in [0.05, 0.1) is 23.0 Å². The number of benzene rings is 2. The van der Waals surface area contributed by atoms with E-state index in [2.05, 4.69) is 9.80 Å². The van der Waals surface area contributed by atoms with Crippen molar-refractivity contribution in [2.24, 2.45) is 0 Å². The molecule has 2 atom stereocenters. The largest absolute Gasteiger partial charge is 0.468 e. The van der Waals surface area contributed by atoms with Gasteiger partial charge >= 0.3 is 12.1 Å². The van der Waals surface area contributed by atoms with E-state index < -0.39 is 11.4 Å². The van der Waals surface area contributed by atoms with Gasteiger partial charge in [0.25, 0.3) is 0 Å². The van der Waals surface area contributed by atoms with Crippen LogP contribution in [0.2, 0.25) is 0 Å². The van der Waals surface area contributed by atoms with Gasteiger partial charge in [-0.15, -0.1) is 0 Å². The fourth-order valence-electron chi connectivity index (χ4n) is 9.09. The third kappa shape index (κ3) is 6.49. The number of carbonyl (C=O) groups is 1. The Labute approximate surface area is 308 Å². The Morgan fingerprint density at radius 2 is 1.75 bits per heavy atom. The van der Waals surface area contributed by atoms with Crippen molar-refractivity contribution in [1.82, 2.24) is 24.8 Å². The van der Waals surface area contributed by atoms with E-state index in [1.54, 1.807) is 24.4 Å². The molecule has 4 aliphatic heterocycles. The maximum absolute atomic E-state index is 17.3. The number of rotatable bonds is 9. The van der Waals surface area contributed by atoms with Crippen molar-refractivity contribution in [3.05, 3.63) is 47.7 Å². The zero-order chi connectivity index (χ0) is 37.1. The Bertz CT molecular complexity index is 2030. The predicted octanol–water partition coefficient (Wildman–Crippen LogP) is 7.26. The summed E-state index contributed by atoms with van der Waals surface area (Å²) in [5, 5.41) is 1.68. The van der Waals surface area contributed by atoms with Crippen LogP contribution >= 0.6 is 0 Å². The molecule has 2 aromatic carbocycles. The van der Waals surface area contributed by atoms with Gasteiger partial charge in [-0.05, 0) is 113 Å². The SMILES string of the molecule is CCc1c(F)ccc2cc(OCOC)cc(-c3ncc4c(N5CC6CCC(C5)N6C(=O)OC(C)(C)C)nc(OCC56CCCN5CCC6)nc4c3F)c12. The number of amides is 1. The fraction of sp³-hybridized carbons (Fsp3) is 0.550. The van der Waals surface area contributed by atoms with E-state index in [-0.39, 0.29) is 53.5 Å². The summed E-state index contributed by atoms with van der Waals surface area (Å²) in [6.45, 7) is 11.0. The molecule has 1 amide bonds. The second-order valence-electron chi connectivity index (χ2n) is 15.9. The average molecular weight is 731 g/mol. The second-order valence-corrected chi connectivity index (χ2v) is 15.9. The number of fused-ring (bicyclic) bond motifs is 5. The molecule has 6 heterocycles.